The molecule has 1 amide bonds. The first-order chi connectivity index (χ1) is 8.13. The molecule has 0 aliphatic carbocycles. The molecule has 5 heteroatoms. The molecule has 3 nitrogen and oxygen atoms in total. The molecular weight excluding hydrogens is 304 g/mol. The van der Waals surface area contributed by atoms with Crippen molar-refractivity contribution in [2.45, 2.75) is 18.9 Å². The second kappa shape index (κ2) is 5.38. The highest BCUT2D eigenvalue weighted by Crippen LogP contribution is 2.25. The molecule has 1 saturated heterocycles. The lowest BCUT2D eigenvalue weighted by Gasteiger charge is -2.23. The highest BCUT2D eigenvalue weighted by molar-refractivity contribution is 9.10. The molecule has 1 aromatic rings. The van der Waals surface area contributed by atoms with Crippen LogP contribution in [0, 0.1) is 0 Å². The van der Waals surface area contributed by atoms with Crippen LogP contribution < -0.4 is 5.73 Å². The van der Waals surface area contributed by atoms with Crippen molar-refractivity contribution in [3.8, 4) is 0 Å². The lowest BCUT2D eigenvalue weighted by molar-refractivity contribution is 0.0741. The zero-order valence-corrected chi connectivity index (χ0v) is 11.7. The van der Waals surface area contributed by atoms with Gasteiger partial charge in [0.2, 0.25) is 0 Å². The number of carbonyl (C=O) groups is 1. The third-order valence-electron chi connectivity index (χ3n) is 3.07. The number of hydrogen-bond donors (Lipinski definition) is 1. The van der Waals surface area contributed by atoms with E-state index < -0.39 is 0 Å². The number of rotatable bonds is 2. The molecule has 0 saturated carbocycles. The summed E-state index contributed by atoms with van der Waals surface area (Å²) in [6, 6.07) is 5.47. The van der Waals surface area contributed by atoms with Gasteiger partial charge in [-0.05, 0) is 31.0 Å². The van der Waals surface area contributed by atoms with Crippen LogP contribution in [0.4, 0.5) is 0 Å². The maximum absolute atomic E-state index is 12.3. The van der Waals surface area contributed by atoms with Crippen molar-refractivity contribution in [2.24, 2.45) is 5.73 Å². The largest absolute Gasteiger partial charge is 0.334 e. The Hall–Kier alpha value is -0.580. The molecule has 0 bridgehead atoms. The average molecular weight is 318 g/mol. The molecule has 1 fully saturated rings. The second-order valence-corrected chi connectivity index (χ2v) is 5.48. The molecular formula is C12H14BrClN2O. The third-order valence-corrected chi connectivity index (χ3v) is 3.88. The minimum atomic E-state index is -0.0181. The van der Waals surface area contributed by atoms with Crippen LogP contribution in [0.25, 0.3) is 0 Å². The molecule has 0 radical (unpaired) electrons. The van der Waals surface area contributed by atoms with Crippen LogP contribution in [0.15, 0.2) is 22.7 Å². The second-order valence-electron chi connectivity index (χ2n) is 4.15. The van der Waals surface area contributed by atoms with Gasteiger partial charge in [0.1, 0.15) is 0 Å². The van der Waals surface area contributed by atoms with Crippen LogP contribution in [0.3, 0.4) is 0 Å². The fourth-order valence-corrected chi connectivity index (χ4v) is 2.92. The molecule has 2 rings (SSSR count). The summed E-state index contributed by atoms with van der Waals surface area (Å²) in [6.07, 6.45) is 2.00. The van der Waals surface area contributed by atoms with E-state index >= 15 is 0 Å². The van der Waals surface area contributed by atoms with Gasteiger partial charge in [-0.1, -0.05) is 27.5 Å². The van der Waals surface area contributed by atoms with Crippen molar-refractivity contribution in [2.75, 3.05) is 13.1 Å². The van der Waals surface area contributed by atoms with E-state index in [-0.39, 0.29) is 11.9 Å². The van der Waals surface area contributed by atoms with Crippen molar-refractivity contribution >= 4 is 33.4 Å². The number of hydrogen-bond acceptors (Lipinski definition) is 2. The van der Waals surface area contributed by atoms with Gasteiger partial charge in [-0.25, -0.2) is 0 Å². The number of nitrogens with two attached hydrogens (primary N) is 1. The zero-order chi connectivity index (χ0) is 12.4. The minimum absolute atomic E-state index is 0.0181. The van der Waals surface area contributed by atoms with Gasteiger partial charge in [0.05, 0.1) is 10.6 Å². The van der Waals surface area contributed by atoms with E-state index in [4.69, 9.17) is 17.3 Å². The number of carbonyl (C=O) groups excluding carboxylic acids is 1. The molecule has 0 unspecified atom stereocenters. The van der Waals surface area contributed by atoms with E-state index in [9.17, 15) is 4.79 Å². The minimum Gasteiger partial charge on any atom is -0.334 e. The summed E-state index contributed by atoms with van der Waals surface area (Å²) in [7, 11) is 0. The summed E-state index contributed by atoms with van der Waals surface area (Å²) in [5, 5.41) is 0.479. The fourth-order valence-electron chi connectivity index (χ4n) is 2.17. The normalized spacial score (nSPS) is 19.7. The van der Waals surface area contributed by atoms with Crippen molar-refractivity contribution in [1.82, 2.24) is 4.90 Å². The Bertz CT molecular complexity index is 439. The molecule has 1 aliphatic heterocycles. The predicted octanol–water partition coefficient (Wildman–Crippen LogP) is 2.67. The third kappa shape index (κ3) is 2.64. The van der Waals surface area contributed by atoms with Gasteiger partial charge >= 0.3 is 0 Å². The van der Waals surface area contributed by atoms with E-state index in [0.29, 0.717) is 17.1 Å². The molecule has 2 N–H and O–H groups in total. The van der Waals surface area contributed by atoms with E-state index in [2.05, 4.69) is 15.9 Å². The van der Waals surface area contributed by atoms with E-state index in [1.807, 2.05) is 11.0 Å². The number of likely N-dealkylation sites (tertiary alicyclic amines) is 1. The quantitative estimate of drug-likeness (QED) is 0.911. The Kier molecular flexibility index (Phi) is 4.07. The molecule has 92 valence electrons. The van der Waals surface area contributed by atoms with Crippen molar-refractivity contribution < 1.29 is 4.79 Å². The summed E-state index contributed by atoms with van der Waals surface area (Å²) in [6.45, 7) is 1.28. The first-order valence-electron chi connectivity index (χ1n) is 5.59. The van der Waals surface area contributed by atoms with Crippen LogP contribution in [0.5, 0.6) is 0 Å². The van der Waals surface area contributed by atoms with Crippen molar-refractivity contribution in [3.63, 3.8) is 0 Å². The van der Waals surface area contributed by atoms with Gasteiger partial charge in [-0.3, -0.25) is 4.79 Å². The summed E-state index contributed by atoms with van der Waals surface area (Å²) in [5.74, 6) is -0.0181. The van der Waals surface area contributed by atoms with Gasteiger partial charge in [0.25, 0.3) is 5.91 Å². The van der Waals surface area contributed by atoms with Gasteiger partial charge in [0.15, 0.2) is 0 Å². The summed E-state index contributed by atoms with van der Waals surface area (Å²) >= 11 is 9.41. The van der Waals surface area contributed by atoms with Crippen LogP contribution in [0.1, 0.15) is 23.2 Å². The molecule has 17 heavy (non-hydrogen) atoms. The number of amides is 1. The Morgan fingerprint density at radius 2 is 2.35 bits per heavy atom. The topological polar surface area (TPSA) is 46.3 Å². The van der Waals surface area contributed by atoms with Crippen LogP contribution in [0.2, 0.25) is 5.02 Å². The van der Waals surface area contributed by atoms with Crippen LogP contribution in [-0.4, -0.2) is 29.9 Å². The van der Waals surface area contributed by atoms with Crippen LogP contribution >= 0.6 is 27.5 Å². The summed E-state index contributed by atoms with van der Waals surface area (Å²) in [4.78, 5) is 14.1. The van der Waals surface area contributed by atoms with Crippen LogP contribution in [-0.2, 0) is 0 Å². The Balaban J connectivity index is 2.24. The molecule has 0 spiro atoms. The fraction of sp³-hybridized carbons (Fsp3) is 0.417. The Labute approximate surface area is 114 Å². The maximum Gasteiger partial charge on any atom is 0.255 e. The van der Waals surface area contributed by atoms with E-state index in [0.717, 1.165) is 23.9 Å². The lowest BCUT2D eigenvalue weighted by Crippen LogP contribution is -2.40. The predicted molar refractivity (Wildman–Crippen MR) is 72.3 cm³/mol. The highest BCUT2D eigenvalue weighted by atomic mass is 79.9. The Morgan fingerprint density at radius 1 is 1.59 bits per heavy atom. The molecule has 1 aromatic carbocycles. The highest BCUT2D eigenvalue weighted by Gasteiger charge is 2.29. The standard InChI is InChI=1S/C12H14BrClN2O/c13-8-3-4-10(11(14)6-8)12(17)16-5-1-2-9(16)7-15/h3-4,6,9H,1-2,5,7,15H2/t9-/m1/s1. The number of benzene rings is 1. The van der Waals surface area contributed by atoms with Crippen molar-refractivity contribution in [3.05, 3.63) is 33.3 Å². The lowest BCUT2D eigenvalue weighted by atomic mass is 10.1. The van der Waals surface area contributed by atoms with Crippen molar-refractivity contribution in [1.29, 1.82) is 0 Å². The maximum atomic E-state index is 12.3. The SMILES string of the molecule is NC[C@H]1CCCN1C(=O)c1ccc(Br)cc1Cl. The number of halogens is 2. The van der Waals surface area contributed by atoms with E-state index in [1.165, 1.54) is 0 Å². The van der Waals surface area contributed by atoms with E-state index in [1.54, 1.807) is 12.1 Å². The zero-order valence-electron chi connectivity index (χ0n) is 9.33. The smallest absolute Gasteiger partial charge is 0.255 e. The Morgan fingerprint density at radius 3 is 3.00 bits per heavy atom. The van der Waals surface area contributed by atoms with Gasteiger partial charge < -0.3 is 10.6 Å². The van der Waals surface area contributed by atoms with Gasteiger partial charge in [-0.15, -0.1) is 0 Å². The average Bonchev–Trinajstić information content (AvgIpc) is 2.76. The first kappa shape index (κ1) is 12.9. The number of nitrogens with zero attached hydrogens (tertiary/aromatic N) is 1. The summed E-state index contributed by atoms with van der Waals surface area (Å²) in [5.41, 5.74) is 6.22. The van der Waals surface area contributed by atoms with Gasteiger partial charge in [0, 0.05) is 23.6 Å². The molecule has 1 aliphatic rings. The van der Waals surface area contributed by atoms with Gasteiger partial charge in [-0.2, -0.15) is 0 Å². The first-order valence-corrected chi connectivity index (χ1v) is 6.76. The summed E-state index contributed by atoms with van der Waals surface area (Å²) < 4.78 is 0.871. The monoisotopic (exact) mass is 316 g/mol. The molecule has 1 atom stereocenters. The molecule has 0 aromatic heterocycles. The molecule has 1 heterocycles.